The summed E-state index contributed by atoms with van der Waals surface area (Å²) in [5.41, 5.74) is 5.54. The Hall–Kier alpha value is -5.95. The molecule has 5 rings (SSSR count). The van der Waals surface area contributed by atoms with E-state index in [0.717, 1.165) is 52.1 Å². The fraction of sp³-hybridized carbons (Fsp3) is 0.510. The fourth-order valence-corrected chi connectivity index (χ4v) is 8.33. The van der Waals surface area contributed by atoms with Gasteiger partial charge in [0, 0.05) is 67.4 Å². The molecular formula is C49H63F5N10O4. The van der Waals surface area contributed by atoms with Crippen LogP contribution in [0, 0.1) is 18.3 Å². The molecule has 0 radical (unpaired) electrons. The number of likely N-dealkylation sites (tertiary alicyclic amines) is 1. The molecule has 19 heteroatoms. The number of alkyl halides is 5. The van der Waals surface area contributed by atoms with Gasteiger partial charge in [0.15, 0.2) is 5.69 Å². The number of rotatable bonds is 19. The van der Waals surface area contributed by atoms with Crippen LogP contribution >= 0.6 is 0 Å². The number of amides is 2. The summed E-state index contributed by atoms with van der Waals surface area (Å²) in [6.45, 7) is 13.1. The van der Waals surface area contributed by atoms with E-state index in [1.807, 2.05) is 45.1 Å². The molecular weight excluding hydrogens is 888 g/mol. The molecule has 2 amide bonds. The first-order chi connectivity index (χ1) is 31.9. The van der Waals surface area contributed by atoms with E-state index in [-0.39, 0.29) is 59.8 Å². The Morgan fingerprint density at radius 1 is 1.10 bits per heavy atom. The second kappa shape index (κ2) is 21.6. The SMILES string of the molecule is C/C=C(/COC)N=C(N=C/C(=C\C)c1ccc(C2CC23CCN(C(CC(=C/N)/C=N/C(F)F)C(=O)NC(C)(C)Cn2nc(C(F)(F)F)cc2-c2ccnc(C(C)(C)O)c2)C3=O)c(C)n1)C(C)CC. The molecule has 4 unspecified atom stereocenters. The van der Waals surface area contributed by atoms with Crippen molar-refractivity contribution < 1.29 is 41.4 Å². The van der Waals surface area contributed by atoms with Crippen LogP contribution in [0.1, 0.15) is 115 Å². The number of aryl methyl sites for hydroxylation is 1. The number of carbonyl (C=O) groups is 2. The molecule has 4 N–H and O–H groups in total. The van der Waals surface area contributed by atoms with Crippen LogP contribution in [-0.2, 0) is 32.6 Å². The van der Waals surface area contributed by atoms with Gasteiger partial charge in [0.2, 0.25) is 11.8 Å². The largest absolute Gasteiger partial charge is 0.435 e. The van der Waals surface area contributed by atoms with Gasteiger partial charge in [0.25, 0.3) is 0 Å². The van der Waals surface area contributed by atoms with Crippen LogP contribution in [0.15, 0.2) is 81.1 Å². The van der Waals surface area contributed by atoms with E-state index in [1.165, 1.54) is 37.1 Å². The van der Waals surface area contributed by atoms with E-state index in [4.69, 9.17) is 25.4 Å². The minimum atomic E-state index is -4.81. The number of hydrogen-bond donors (Lipinski definition) is 3. The summed E-state index contributed by atoms with van der Waals surface area (Å²) >= 11 is 0. The number of methoxy groups -OCH3 is 1. The van der Waals surface area contributed by atoms with Crippen molar-refractivity contribution in [3.05, 3.63) is 94.5 Å². The maximum absolute atomic E-state index is 14.6. The lowest BCUT2D eigenvalue weighted by Gasteiger charge is -2.33. The van der Waals surface area contributed by atoms with Crippen molar-refractivity contribution in [1.82, 2.24) is 30.0 Å². The number of aliphatic hydroxyl groups is 1. The molecule has 68 heavy (non-hydrogen) atoms. The molecule has 0 bridgehead atoms. The Balaban J connectivity index is 1.41. The molecule has 1 aliphatic heterocycles. The summed E-state index contributed by atoms with van der Waals surface area (Å²) in [6.07, 6.45) is 5.44. The third-order valence-electron chi connectivity index (χ3n) is 12.4. The first-order valence-electron chi connectivity index (χ1n) is 22.5. The summed E-state index contributed by atoms with van der Waals surface area (Å²) in [7, 11) is 1.61. The maximum atomic E-state index is 14.6. The predicted octanol–water partition coefficient (Wildman–Crippen LogP) is 8.56. The number of aliphatic imine (C=N–C) groups is 3. The number of nitrogens with one attached hydrogen (secondary N) is 1. The molecule has 368 valence electrons. The van der Waals surface area contributed by atoms with Crippen LogP contribution in [0.25, 0.3) is 16.8 Å². The molecule has 14 nitrogen and oxygen atoms in total. The van der Waals surface area contributed by atoms with Crippen LogP contribution in [0.2, 0.25) is 0 Å². The van der Waals surface area contributed by atoms with E-state index in [1.54, 1.807) is 27.2 Å². The van der Waals surface area contributed by atoms with Gasteiger partial charge in [0.05, 0.1) is 46.9 Å². The van der Waals surface area contributed by atoms with Gasteiger partial charge in [-0.05, 0) is 109 Å². The average molecular weight is 951 g/mol. The van der Waals surface area contributed by atoms with Gasteiger partial charge in [0.1, 0.15) is 17.5 Å². The van der Waals surface area contributed by atoms with Gasteiger partial charge in [-0.15, -0.1) is 0 Å². The third kappa shape index (κ3) is 12.6. The lowest BCUT2D eigenvalue weighted by Crippen LogP contribution is -2.55. The second-order valence-corrected chi connectivity index (χ2v) is 18.5. The highest BCUT2D eigenvalue weighted by atomic mass is 19.4. The fourth-order valence-electron chi connectivity index (χ4n) is 8.33. The number of ether oxygens (including phenoxy) is 1. The maximum Gasteiger partial charge on any atom is 0.435 e. The van der Waals surface area contributed by atoms with Crippen LogP contribution in [0.5, 0.6) is 0 Å². The van der Waals surface area contributed by atoms with Crippen molar-refractivity contribution >= 4 is 35.7 Å². The lowest BCUT2D eigenvalue weighted by atomic mass is 9.96. The van der Waals surface area contributed by atoms with Crippen LogP contribution in [-0.4, -0.2) is 98.2 Å². The Morgan fingerprint density at radius 3 is 2.41 bits per heavy atom. The molecule has 1 saturated heterocycles. The summed E-state index contributed by atoms with van der Waals surface area (Å²) in [5, 5.41) is 17.3. The van der Waals surface area contributed by atoms with Gasteiger partial charge in [-0.3, -0.25) is 24.2 Å². The standard InChI is InChI=1S/C49H63F5N10O4/c1-11-29(4)42(60-34(13-3)27-68-10)57-26-32(12-2)37-15-14-35(30(5)59-37)36-23-48(36)17-19-63(44(48)66)39(20-31(24-55)25-58-45(50)51)43(65)61-46(6,7)28-64-38(22-41(62-64)49(52,53)54)33-16-18-56-40(21-33)47(8,9)67/h12-16,18,21-22,24-26,29,36,39,45,67H,11,17,19-20,23,27-28,55H2,1-10H3,(H,61,65)/b31-24-,32-12+,34-13-,57-26?,58-25+,60-42?. The molecule has 3 aromatic heterocycles. The highest BCUT2D eigenvalue weighted by molar-refractivity contribution is 6.13. The van der Waals surface area contributed by atoms with Gasteiger partial charge < -0.3 is 25.8 Å². The Bertz CT molecular complexity index is 2500. The van der Waals surface area contributed by atoms with Crippen LogP contribution in [0.4, 0.5) is 22.0 Å². The van der Waals surface area contributed by atoms with Crippen molar-refractivity contribution in [2.24, 2.45) is 32.0 Å². The zero-order valence-electron chi connectivity index (χ0n) is 40.3. The van der Waals surface area contributed by atoms with E-state index in [0.29, 0.717) is 31.0 Å². The molecule has 4 heterocycles. The van der Waals surface area contributed by atoms with Crippen molar-refractivity contribution in [3.63, 3.8) is 0 Å². The van der Waals surface area contributed by atoms with Crippen molar-refractivity contribution in [3.8, 4) is 11.3 Å². The molecule has 1 aliphatic carbocycles. The Labute approximate surface area is 394 Å². The highest BCUT2D eigenvalue weighted by Gasteiger charge is 2.65. The van der Waals surface area contributed by atoms with E-state index in [2.05, 4.69) is 34.2 Å². The first kappa shape index (κ1) is 53.0. The van der Waals surface area contributed by atoms with E-state index < -0.39 is 46.9 Å². The van der Waals surface area contributed by atoms with Gasteiger partial charge in [-0.2, -0.15) is 27.1 Å². The number of halogens is 5. The first-order valence-corrected chi connectivity index (χ1v) is 22.5. The number of amidine groups is 1. The topological polar surface area (TPSA) is 186 Å². The van der Waals surface area contributed by atoms with Gasteiger partial charge >= 0.3 is 12.7 Å². The minimum absolute atomic E-state index is 0.0482. The van der Waals surface area contributed by atoms with Gasteiger partial charge in [-0.1, -0.05) is 32.1 Å². The van der Waals surface area contributed by atoms with Crippen molar-refractivity contribution in [2.75, 3.05) is 20.3 Å². The summed E-state index contributed by atoms with van der Waals surface area (Å²) in [4.78, 5) is 52.3. The second-order valence-electron chi connectivity index (χ2n) is 18.5. The predicted molar refractivity (Wildman–Crippen MR) is 253 cm³/mol. The number of aromatic nitrogens is 4. The molecule has 1 saturated carbocycles. The average Bonchev–Trinajstić information content (AvgIpc) is 3.70. The number of allylic oxidation sites excluding steroid dienone is 3. The quantitative estimate of drug-likeness (QED) is 0.0462. The van der Waals surface area contributed by atoms with Crippen LogP contribution < -0.4 is 11.1 Å². The molecule has 0 aromatic carbocycles. The molecule has 4 atom stereocenters. The van der Waals surface area contributed by atoms with E-state index >= 15 is 0 Å². The third-order valence-corrected chi connectivity index (χ3v) is 12.4. The molecule has 3 aromatic rings. The monoisotopic (exact) mass is 950 g/mol. The summed E-state index contributed by atoms with van der Waals surface area (Å²) < 4.78 is 75.2. The van der Waals surface area contributed by atoms with E-state index in [9.17, 15) is 36.6 Å². The highest BCUT2D eigenvalue weighted by Crippen LogP contribution is 2.65. The summed E-state index contributed by atoms with van der Waals surface area (Å²) in [5.74, 6) is -0.462. The number of nitrogens with two attached hydrogens (primary N) is 1. The zero-order chi connectivity index (χ0) is 50.4. The number of pyridine rings is 2. The minimum Gasteiger partial charge on any atom is -0.404 e. The molecule has 1 spiro atoms. The number of nitrogens with zero attached hydrogens (tertiary/aromatic N) is 8. The number of carbonyl (C=O) groups excluding carboxylic acids is 2. The Morgan fingerprint density at radius 2 is 1.82 bits per heavy atom. The smallest absolute Gasteiger partial charge is 0.404 e. The zero-order valence-corrected chi connectivity index (χ0v) is 40.3. The number of hydrogen-bond acceptors (Lipinski definition) is 10. The molecule has 2 aliphatic rings. The Kier molecular flexibility index (Phi) is 16.8. The normalized spacial score (nSPS) is 19.9. The van der Waals surface area contributed by atoms with Crippen LogP contribution in [0.3, 0.4) is 0 Å². The summed E-state index contributed by atoms with van der Waals surface area (Å²) in [6, 6.07) is 6.40. The lowest BCUT2D eigenvalue weighted by molar-refractivity contribution is -0.141. The van der Waals surface area contributed by atoms with Gasteiger partial charge in [-0.25, -0.2) is 15.0 Å². The van der Waals surface area contributed by atoms with Crippen molar-refractivity contribution in [1.29, 1.82) is 0 Å². The van der Waals surface area contributed by atoms with Crippen molar-refractivity contribution in [2.45, 2.75) is 130 Å². The molecule has 2 fully saturated rings.